The fraction of sp³-hybridized carbons (Fsp3) is 0.562. The van der Waals surface area contributed by atoms with Crippen LogP contribution in [0.25, 0.3) is 0 Å². The van der Waals surface area contributed by atoms with Crippen molar-refractivity contribution in [2.24, 2.45) is 10.9 Å². The molecule has 0 spiro atoms. The van der Waals surface area contributed by atoms with Crippen molar-refractivity contribution in [1.29, 1.82) is 0 Å². The van der Waals surface area contributed by atoms with Gasteiger partial charge in [-0.3, -0.25) is 4.99 Å². The highest BCUT2D eigenvalue weighted by Gasteiger charge is 2.51. The van der Waals surface area contributed by atoms with Gasteiger partial charge in [-0.25, -0.2) is 9.78 Å². The van der Waals surface area contributed by atoms with Gasteiger partial charge in [-0.15, -0.1) is 3.89 Å². The summed E-state index contributed by atoms with van der Waals surface area (Å²) in [4.78, 5) is 19.9. The molecule has 0 saturated heterocycles. The summed E-state index contributed by atoms with van der Waals surface area (Å²) >= 11 is 4.26. The number of aromatic nitrogens is 1. The van der Waals surface area contributed by atoms with E-state index in [4.69, 9.17) is 4.74 Å². The number of halogens is 3. The molecule has 1 aromatic rings. The Morgan fingerprint density at radius 2 is 2.12 bits per heavy atom. The molecule has 0 aromatic carbocycles. The summed E-state index contributed by atoms with van der Waals surface area (Å²) in [6.45, 7) is 7.06. The minimum Gasteiger partial charge on any atom is -0.443 e. The van der Waals surface area contributed by atoms with E-state index in [9.17, 15) is 13.1 Å². The second-order valence-electron chi connectivity index (χ2n) is 6.85. The summed E-state index contributed by atoms with van der Waals surface area (Å²) in [5.41, 5.74) is -0.258. The van der Waals surface area contributed by atoms with Crippen molar-refractivity contribution < 1.29 is 17.8 Å². The molecule has 0 aliphatic heterocycles. The van der Waals surface area contributed by atoms with Gasteiger partial charge < -0.3 is 4.74 Å². The predicted molar refractivity (Wildman–Crippen MR) is 105 cm³/mol. The topological polar surface area (TPSA) is 54.8 Å². The van der Waals surface area contributed by atoms with Gasteiger partial charge in [0.15, 0.2) is 17.5 Å². The van der Waals surface area contributed by atoms with E-state index in [1.165, 1.54) is 25.0 Å². The molecule has 1 saturated carbocycles. The third-order valence-corrected chi connectivity index (χ3v) is 6.30. The number of aliphatic imine (C=N–C) groups is 1. The van der Waals surface area contributed by atoms with Gasteiger partial charge in [0, 0.05) is 34.4 Å². The first-order valence-corrected chi connectivity index (χ1v) is 10.2. The number of ether oxygens (including phenoxy) is 1. The van der Waals surface area contributed by atoms with Crippen LogP contribution in [-0.2, 0) is 4.74 Å². The smallest absolute Gasteiger partial charge is 0.428 e. The van der Waals surface area contributed by atoms with Crippen LogP contribution in [-0.4, -0.2) is 38.4 Å². The molecule has 1 aliphatic carbocycles. The molecule has 1 amide bonds. The first kappa shape index (κ1) is 21.4. The largest absolute Gasteiger partial charge is 0.443 e. The van der Waals surface area contributed by atoms with Gasteiger partial charge in [0.2, 0.25) is 5.95 Å². The van der Waals surface area contributed by atoms with Crippen molar-refractivity contribution in [3.05, 3.63) is 28.2 Å². The highest BCUT2D eigenvalue weighted by molar-refractivity contribution is 9.10. The fourth-order valence-corrected chi connectivity index (χ4v) is 4.64. The normalized spacial score (nSPS) is 22.9. The number of nitrogens with zero attached hydrogens (tertiary/aromatic N) is 3. The second-order valence-corrected chi connectivity index (χ2v) is 9.41. The molecule has 10 heteroatoms. The standard InChI is InChI=1S/C16H20BrF2N3O2S2/c1-8-11(10-6-9(17)7-21-13(10)18)12(8)25-14(20-5)22(26-19)15(23)24-16(2,3)4/h6-8,11-12H,1-5H3. The van der Waals surface area contributed by atoms with Crippen LogP contribution in [0.5, 0.6) is 0 Å². The SMILES string of the molecule is CN=C(SC1C(C)C1c1cc(Br)cnc1F)N(SF)C(=O)OC(C)(C)C. The Morgan fingerprint density at radius 3 is 2.65 bits per heavy atom. The Morgan fingerprint density at radius 1 is 1.46 bits per heavy atom. The average Bonchev–Trinajstić information content (AvgIpc) is 3.16. The molecule has 3 atom stereocenters. The Labute approximate surface area is 168 Å². The van der Waals surface area contributed by atoms with Crippen LogP contribution in [0.15, 0.2) is 21.7 Å². The minimum absolute atomic E-state index is 0.0450. The number of carbonyl (C=O) groups excluding carboxylic acids is 1. The molecular weight excluding hydrogens is 448 g/mol. The van der Waals surface area contributed by atoms with E-state index in [0.717, 1.165) is 4.31 Å². The average molecular weight is 468 g/mol. The highest BCUT2D eigenvalue weighted by Crippen LogP contribution is 2.56. The summed E-state index contributed by atoms with van der Waals surface area (Å²) in [5.74, 6) is -0.480. The Hall–Kier alpha value is -0.870. The van der Waals surface area contributed by atoms with E-state index in [2.05, 4.69) is 25.9 Å². The molecular formula is C16H20BrF2N3O2S2. The molecule has 5 nitrogen and oxygen atoms in total. The number of carbonyl (C=O) groups is 1. The maximum atomic E-state index is 14.0. The van der Waals surface area contributed by atoms with Crippen molar-refractivity contribution >= 4 is 51.3 Å². The van der Waals surface area contributed by atoms with Gasteiger partial charge in [0.25, 0.3) is 0 Å². The van der Waals surface area contributed by atoms with E-state index in [1.807, 2.05) is 6.92 Å². The third-order valence-electron chi connectivity index (χ3n) is 3.72. The van der Waals surface area contributed by atoms with Gasteiger partial charge in [0.05, 0.1) is 0 Å². The Bertz CT molecular complexity index is 715. The molecule has 0 bridgehead atoms. The molecule has 1 aliphatic rings. The Balaban J connectivity index is 2.13. The van der Waals surface area contributed by atoms with Gasteiger partial charge in [-0.2, -0.15) is 8.70 Å². The summed E-state index contributed by atoms with van der Waals surface area (Å²) in [5, 5.41) is 0.130. The fourth-order valence-electron chi connectivity index (χ4n) is 2.49. The third kappa shape index (κ3) is 5.10. The molecule has 3 unspecified atom stereocenters. The van der Waals surface area contributed by atoms with E-state index in [1.54, 1.807) is 26.8 Å². The number of hydrogen-bond donors (Lipinski definition) is 0. The van der Waals surface area contributed by atoms with Crippen molar-refractivity contribution in [2.75, 3.05) is 7.05 Å². The maximum Gasteiger partial charge on any atom is 0.428 e. The van der Waals surface area contributed by atoms with Crippen molar-refractivity contribution in [3.8, 4) is 0 Å². The second kappa shape index (κ2) is 8.43. The van der Waals surface area contributed by atoms with E-state index in [-0.39, 0.29) is 34.6 Å². The predicted octanol–water partition coefficient (Wildman–Crippen LogP) is 5.57. The lowest BCUT2D eigenvalue weighted by atomic mass is 10.1. The molecule has 1 aromatic heterocycles. The summed E-state index contributed by atoms with van der Waals surface area (Å²) in [6.07, 6.45) is 0.565. The van der Waals surface area contributed by atoms with Crippen LogP contribution in [0.3, 0.4) is 0 Å². The first-order valence-electron chi connectivity index (χ1n) is 7.85. The van der Waals surface area contributed by atoms with Crippen LogP contribution >= 0.6 is 40.0 Å². The van der Waals surface area contributed by atoms with Crippen molar-refractivity contribution in [3.63, 3.8) is 0 Å². The molecule has 0 radical (unpaired) electrons. The number of rotatable bonds is 3. The lowest BCUT2D eigenvalue weighted by Gasteiger charge is -2.24. The van der Waals surface area contributed by atoms with E-state index >= 15 is 0 Å². The number of amidine groups is 1. The maximum absolute atomic E-state index is 14.0. The zero-order valence-corrected chi connectivity index (χ0v) is 18.2. The van der Waals surface area contributed by atoms with Crippen LogP contribution in [0, 0.1) is 11.9 Å². The molecule has 2 rings (SSSR count). The van der Waals surface area contributed by atoms with Crippen LogP contribution in [0.4, 0.5) is 13.1 Å². The van der Waals surface area contributed by atoms with Gasteiger partial charge in [0.1, 0.15) is 5.60 Å². The molecule has 144 valence electrons. The molecule has 1 heterocycles. The molecule has 0 N–H and O–H groups in total. The minimum atomic E-state index is -0.835. The van der Waals surface area contributed by atoms with Crippen LogP contribution in [0.1, 0.15) is 39.2 Å². The number of thioether (sulfide) groups is 1. The van der Waals surface area contributed by atoms with Crippen LogP contribution in [0.2, 0.25) is 0 Å². The van der Waals surface area contributed by atoms with E-state index < -0.39 is 17.6 Å². The highest BCUT2D eigenvalue weighted by atomic mass is 79.9. The molecule has 1 fully saturated rings. The lowest BCUT2D eigenvalue weighted by molar-refractivity contribution is 0.0474. The summed E-state index contributed by atoms with van der Waals surface area (Å²) in [7, 11) is 1.47. The van der Waals surface area contributed by atoms with E-state index in [0.29, 0.717) is 10.0 Å². The first-order chi connectivity index (χ1) is 12.1. The van der Waals surface area contributed by atoms with Crippen molar-refractivity contribution in [2.45, 2.75) is 44.5 Å². The number of amides is 1. The zero-order valence-electron chi connectivity index (χ0n) is 15.0. The molecule has 26 heavy (non-hydrogen) atoms. The number of hydrogen-bond acceptors (Lipinski definition) is 6. The van der Waals surface area contributed by atoms with Gasteiger partial charge >= 0.3 is 6.09 Å². The Kier molecular flexibility index (Phi) is 6.95. The lowest BCUT2D eigenvalue weighted by Crippen LogP contribution is -2.35. The quantitative estimate of drug-likeness (QED) is 0.251. The summed E-state index contributed by atoms with van der Waals surface area (Å²) < 4.78 is 34.1. The number of pyridine rings is 1. The van der Waals surface area contributed by atoms with Crippen molar-refractivity contribution in [1.82, 2.24) is 9.29 Å². The summed E-state index contributed by atoms with van der Waals surface area (Å²) in [6, 6.07) is 1.70. The van der Waals surface area contributed by atoms with Gasteiger partial charge in [-0.05, 0) is 48.7 Å². The zero-order chi connectivity index (χ0) is 19.6. The monoisotopic (exact) mass is 467 g/mol. The van der Waals surface area contributed by atoms with Gasteiger partial charge in [-0.1, -0.05) is 18.7 Å². The van der Waals surface area contributed by atoms with Crippen LogP contribution < -0.4 is 0 Å².